The molecule has 0 aliphatic heterocycles. The van der Waals surface area contributed by atoms with Crippen LogP contribution in [0.5, 0.6) is 0 Å². The van der Waals surface area contributed by atoms with Crippen LogP contribution in [0, 0.1) is 0 Å². The van der Waals surface area contributed by atoms with Crippen molar-refractivity contribution in [2.75, 3.05) is 0 Å². The molecular weight excluding hydrogens is 238 g/mol. The van der Waals surface area contributed by atoms with Crippen LogP contribution in [0.1, 0.15) is 11.1 Å². The van der Waals surface area contributed by atoms with Gasteiger partial charge < -0.3 is 4.98 Å². The molecule has 0 saturated carbocycles. The van der Waals surface area contributed by atoms with Gasteiger partial charge in [0.1, 0.15) is 6.33 Å². The second-order valence-electron chi connectivity index (χ2n) is 4.41. The van der Waals surface area contributed by atoms with E-state index in [0.29, 0.717) is 5.39 Å². The minimum atomic E-state index is -0.140. The number of aromatic amines is 1. The quantitative estimate of drug-likeness (QED) is 0.775. The van der Waals surface area contributed by atoms with Crippen LogP contribution < -0.4 is 5.56 Å². The van der Waals surface area contributed by atoms with E-state index in [9.17, 15) is 4.79 Å². The molecule has 2 heterocycles. The lowest BCUT2D eigenvalue weighted by Crippen LogP contribution is -2.09. The van der Waals surface area contributed by atoms with Crippen molar-refractivity contribution >= 4 is 10.9 Å². The largest absolute Gasteiger partial charge is 0.328 e. The summed E-state index contributed by atoms with van der Waals surface area (Å²) < 4.78 is 0. The van der Waals surface area contributed by atoms with Crippen molar-refractivity contribution in [1.82, 2.24) is 15.0 Å². The standard InChI is InChI=1S/C15H13N3O/c19-15-13-9-16-10-18-14(13)12(8-17-15)7-6-11-4-2-1-3-5-11/h1-5,8-10H,6-7H2,(H,17,19). The van der Waals surface area contributed by atoms with Gasteiger partial charge in [0.05, 0.1) is 10.9 Å². The number of pyridine rings is 1. The fourth-order valence-corrected chi connectivity index (χ4v) is 2.16. The second-order valence-corrected chi connectivity index (χ2v) is 4.41. The number of H-pyrrole nitrogens is 1. The molecule has 0 bridgehead atoms. The SMILES string of the molecule is O=c1[nH]cc(CCc2ccccc2)c2ncncc12. The summed E-state index contributed by atoms with van der Waals surface area (Å²) in [6.07, 6.45) is 6.56. The molecule has 0 atom stereocenters. The van der Waals surface area contributed by atoms with E-state index in [1.807, 2.05) is 18.2 Å². The van der Waals surface area contributed by atoms with Gasteiger partial charge in [-0.25, -0.2) is 9.97 Å². The van der Waals surface area contributed by atoms with E-state index in [2.05, 4.69) is 27.1 Å². The highest BCUT2D eigenvalue weighted by atomic mass is 16.1. The smallest absolute Gasteiger partial charge is 0.258 e. The third kappa shape index (κ3) is 2.38. The molecule has 2 aromatic heterocycles. The Hall–Kier alpha value is -2.49. The van der Waals surface area contributed by atoms with Gasteiger partial charge in [0, 0.05) is 12.4 Å². The minimum Gasteiger partial charge on any atom is -0.328 e. The average Bonchev–Trinajstić information content (AvgIpc) is 2.48. The monoisotopic (exact) mass is 251 g/mol. The first-order valence-electron chi connectivity index (χ1n) is 6.19. The van der Waals surface area contributed by atoms with Gasteiger partial charge in [-0.05, 0) is 24.0 Å². The maximum Gasteiger partial charge on any atom is 0.258 e. The second kappa shape index (κ2) is 5.02. The van der Waals surface area contributed by atoms with Gasteiger partial charge in [-0.15, -0.1) is 0 Å². The molecule has 0 radical (unpaired) electrons. The van der Waals surface area contributed by atoms with Crippen LogP contribution in [0.2, 0.25) is 0 Å². The first kappa shape index (κ1) is 11.6. The van der Waals surface area contributed by atoms with Crippen molar-refractivity contribution in [3.05, 3.63) is 70.5 Å². The number of fused-ring (bicyclic) bond motifs is 1. The van der Waals surface area contributed by atoms with Gasteiger partial charge in [-0.2, -0.15) is 0 Å². The van der Waals surface area contributed by atoms with Crippen molar-refractivity contribution < 1.29 is 0 Å². The van der Waals surface area contributed by atoms with Crippen LogP contribution in [-0.2, 0) is 12.8 Å². The Morgan fingerprint density at radius 2 is 1.95 bits per heavy atom. The third-order valence-corrected chi connectivity index (χ3v) is 3.16. The Morgan fingerprint density at radius 3 is 2.79 bits per heavy atom. The van der Waals surface area contributed by atoms with E-state index in [0.717, 1.165) is 23.9 Å². The number of rotatable bonds is 3. The van der Waals surface area contributed by atoms with Gasteiger partial charge >= 0.3 is 0 Å². The summed E-state index contributed by atoms with van der Waals surface area (Å²) in [4.78, 5) is 22.5. The summed E-state index contributed by atoms with van der Waals surface area (Å²) in [6, 6.07) is 10.3. The zero-order chi connectivity index (χ0) is 13.1. The lowest BCUT2D eigenvalue weighted by Gasteiger charge is -2.05. The third-order valence-electron chi connectivity index (χ3n) is 3.16. The predicted molar refractivity (Wildman–Crippen MR) is 74.0 cm³/mol. The molecule has 94 valence electrons. The van der Waals surface area contributed by atoms with Crippen molar-refractivity contribution in [1.29, 1.82) is 0 Å². The molecule has 0 aliphatic carbocycles. The normalized spacial score (nSPS) is 10.7. The molecule has 1 N–H and O–H groups in total. The number of hydrogen-bond acceptors (Lipinski definition) is 3. The number of nitrogens with one attached hydrogen (secondary N) is 1. The van der Waals surface area contributed by atoms with Crippen LogP contribution in [0.25, 0.3) is 10.9 Å². The molecule has 3 rings (SSSR count). The molecule has 0 aliphatic rings. The first-order valence-corrected chi connectivity index (χ1v) is 6.19. The Bertz CT molecular complexity index is 750. The molecular formula is C15H13N3O. The van der Waals surface area contributed by atoms with E-state index in [1.54, 1.807) is 12.4 Å². The predicted octanol–water partition coefficient (Wildman–Crippen LogP) is 2.10. The summed E-state index contributed by atoms with van der Waals surface area (Å²) >= 11 is 0. The maximum atomic E-state index is 11.7. The van der Waals surface area contributed by atoms with Gasteiger partial charge in [-0.1, -0.05) is 30.3 Å². The van der Waals surface area contributed by atoms with Gasteiger partial charge in [-0.3, -0.25) is 4.79 Å². The Kier molecular flexibility index (Phi) is 3.06. The fourth-order valence-electron chi connectivity index (χ4n) is 2.16. The summed E-state index contributed by atoms with van der Waals surface area (Å²) in [5, 5.41) is 0.549. The number of hydrogen-bond donors (Lipinski definition) is 1. The fraction of sp³-hybridized carbons (Fsp3) is 0.133. The number of benzene rings is 1. The van der Waals surface area contributed by atoms with E-state index in [-0.39, 0.29) is 5.56 Å². The molecule has 4 heteroatoms. The van der Waals surface area contributed by atoms with Crippen molar-refractivity contribution in [3.8, 4) is 0 Å². The highest BCUT2D eigenvalue weighted by Gasteiger charge is 2.06. The average molecular weight is 251 g/mol. The maximum absolute atomic E-state index is 11.7. The summed E-state index contributed by atoms with van der Waals surface area (Å²) in [6.45, 7) is 0. The summed E-state index contributed by atoms with van der Waals surface area (Å²) in [5.41, 5.74) is 2.92. The van der Waals surface area contributed by atoms with E-state index in [4.69, 9.17) is 0 Å². The van der Waals surface area contributed by atoms with Crippen molar-refractivity contribution in [2.45, 2.75) is 12.8 Å². The van der Waals surface area contributed by atoms with E-state index < -0.39 is 0 Å². The lowest BCUT2D eigenvalue weighted by molar-refractivity contribution is 0.951. The number of aromatic nitrogens is 3. The first-order chi connectivity index (χ1) is 9.34. The van der Waals surface area contributed by atoms with Gasteiger partial charge in [0.2, 0.25) is 0 Å². The van der Waals surface area contributed by atoms with Crippen LogP contribution in [0.4, 0.5) is 0 Å². The highest BCUT2D eigenvalue weighted by Crippen LogP contribution is 2.13. The van der Waals surface area contributed by atoms with Crippen LogP contribution in [0.3, 0.4) is 0 Å². The van der Waals surface area contributed by atoms with Crippen LogP contribution >= 0.6 is 0 Å². The molecule has 0 saturated heterocycles. The molecule has 19 heavy (non-hydrogen) atoms. The lowest BCUT2D eigenvalue weighted by atomic mass is 10.0. The summed E-state index contributed by atoms with van der Waals surface area (Å²) in [7, 11) is 0. The van der Waals surface area contributed by atoms with Crippen LogP contribution in [-0.4, -0.2) is 15.0 Å². The Morgan fingerprint density at radius 1 is 1.11 bits per heavy atom. The van der Waals surface area contributed by atoms with Crippen molar-refractivity contribution in [3.63, 3.8) is 0 Å². The molecule has 0 amide bonds. The molecule has 0 fully saturated rings. The zero-order valence-electron chi connectivity index (χ0n) is 10.3. The Balaban J connectivity index is 1.94. The number of nitrogens with zero attached hydrogens (tertiary/aromatic N) is 2. The molecule has 0 unspecified atom stereocenters. The molecule has 1 aromatic carbocycles. The molecule has 0 spiro atoms. The Labute approximate surface area is 110 Å². The summed E-state index contributed by atoms with van der Waals surface area (Å²) in [5.74, 6) is 0. The minimum absolute atomic E-state index is 0.140. The zero-order valence-corrected chi connectivity index (χ0v) is 10.3. The molecule has 4 nitrogen and oxygen atoms in total. The van der Waals surface area contributed by atoms with E-state index >= 15 is 0 Å². The van der Waals surface area contributed by atoms with Gasteiger partial charge in [0.25, 0.3) is 5.56 Å². The van der Waals surface area contributed by atoms with E-state index in [1.165, 1.54) is 11.9 Å². The van der Waals surface area contributed by atoms with Gasteiger partial charge in [0.15, 0.2) is 0 Å². The number of aryl methyl sites for hydroxylation is 2. The van der Waals surface area contributed by atoms with Crippen molar-refractivity contribution in [2.24, 2.45) is 0 Å². The molecule has 3 aromatic rings. The highest BCUT2D eigenvalue weighted by molar-refractivity contribution is 5.79. The topological polar surface area (TPSA) is 58.6 Å². The van der Waals surface area contributed by atoms with Crippen LogP contribution in [0.15, 0.2) is 53.8 Å².